The van der Waals surface area contributed by atoms with Crippen LogP contribution >= 0.6 is 0 Å². The lowest BCUT2D eigenvalue weighted by Gasteiger charge is -2.22. The van der Waals surface area contributed by atoms with Gasteiger partial charge in [0.2, 0.25) is 0 Å². The van der Waals surface area contributed by atoms with E-state index in [1.165, 1.54) is 0 Å². The van der Waals surface area contributed by atoms with Crippen LogP contribution in [0.2, 0.25) is 0 Å². The number of amides is 2. The van der Waals surface area contributed by atoms with Crippen LogP contribution in [-0.4, -0.2) is 34.9 Å². The number of nitrogen functional groups attached to an aromatic ring is 1. The fourth-order valence-corrected chi connectivity index (χ4v) is 3.82. The molecule has 0 spiro atoms. The van der Waals surface area contributed by atoms with Crippen LogP contribution in [0.15, 0.2) is 42.7 Å². The summed E-state index contributed by atoms with van der Waals surface area (Å²) in [5, 5.41) is 2.99. The van der Waals surface area contributed by atoms with Gasteiger partial charge in [-0.15, -0.1) is 0 Å². The average molecular weight is 447 g/mol. The molecule has 0 fully saturated rings. The van der Waals surface area contributed by atoms with Gasteiger partial charge in [0.1, 0.15) is 11.6 Å². The molecule has 1 aliphatic rings. The van der Waals surface area contributed by atoms with Crippen molar-refractivity contribution in [2.24, 2.45) is 5.84 Å². The summed E-state index contributed by atoms with van der Waals surface area (Å²) in [5.74, 6) is 6.57. The fourth-order valence-electron chi connectivity index (χ4n) is 3.82. The Balaban J connectivity index is 1.52. The number of ether oxygens (including phenoxy) is 1. The molecular weight excluding hydrogens is 420 g/mol. The van der Waals surface area contributed by atoms with Crippen LogP contribution in [0.25, 0.3) is 0 Å². The summed E-state index contributed by atoms with van der Waals surface area (Å²) < 4.78 is 5.90. The van der Waals surface area contributed by atoms with Crippen LogP contribution in [0.4, 0.5) is 17.3 Å². The maximum atomic E-state index is 13.0. The molecule has 0 bridgehead atoms. The molecule has 2 aromatic heterocycles. The van der Waals surface area contributed by atoms with Gasteiger partial charge in [0.15, 0.2) is 5.82 Å². The SMILES string of the molecule is CCN1c2ncc(CCOc3ccc(C(=O)NN)cc3C)cc2C(=O)Nc2c(C)ccnc21. The van der Waals surface area contributed by atoms with E-state index in [1.807, 2.05) is 37.8 Å². The molecule has 9 heteroatoms. The third-order valence-electron chi connectivity index (χ3n) is 5.59. The van der Waals surface area contributed by atoms with E-state index in [0.29, 0.717) is 53.8 Å². The minimum atomic E-state index is -0.354. The van der Waals surface area contributed by atoms with E-state index < -0.39 is 0 Å². The highest BCUT2D eigenvalue weighted by Crippen LogP contribution is 2.36. The lowest BCUT2D eigenvalue weighted by Crippen LogP contribution is -2.29. The number of pyridine rings is 2. The zero-order valence-corrected chi connectivity index (χ0v) is 18.8. The maximum Gasteiger partial charge on any atom is 0.265 e. The summed E-state index contributed by atoms with van der Waals surface area (Å²) in [6.45, 7) is 6.82. The Morgan fingerprint density at radius 2 is 1.97 bits per heavy atom. The van der Waals surface area contributed by atoms with Crippen molar-refractivity contribution in [2.45, 2.75) is 27.2 Å². The van der Waals surface area contributed by atoms with E-state index in [9.17, 15) is 9.59 Å². The summed E-state index contributed by atoms with van der Waals surface area (Å²) in [6, 6.07) is 8.85. The second kappa shape index (κ2) is 9.25. The highest BCUT2D eigenvalue weighted by Gasteiger charge is 2.27. The Morgan fingerprint density at radius 1 is 1.15 bits per heavy atom. The standard InChI is InChI=1S/C24H26N6O3/c1-4-30-21-18(24(32)28-20-14(2)7-9-26-22(20)30)12-16(13-27-21)8-10-33-19-6-5-17(11-15(19)3)23(31)29-25/h5-7,9,11-13H,4,8,10,25H2,1-3H3,(H,28,32)(H,29,31). The average Bonchev–Trinajstić information content (AvgIpc) is 2.94. The second-order valence-corrected chi connectivity index (χ2v) is 7.79. The molecule has 1 aliphatic heterocycles. The van der Waals surface area contributed by atoms with Crippen molar-refractivity contribution in [3.05, 3.63) is 70.5 Å². The minimum Gasteiger partial charge on any atom is -0.493 e. The summed E-state index contributed by atoms with van der Waals surface area (Å²) in [4.78, 5) is 35.7. The minimum absolute atomic E-state index is 0.210. The van der Waals surface area contributed by atoms with Crippen molar-refractivity contribution < 1.29 is 14.3 Å². The topological polar surface area (TPSA) is 122 Å². The number of hydrazine groups is 1. The van der Waals surface area contributed by atoms with E-state index >= 15 is 0 Å². The molecule has 33 heavy (non-hydrogen) atoms. The summed E-state index contributed by atoms with van der Waals surface area (Å²) in [5.41, 5.74) is 6.44. The highest BCUT2D eigenvalue weighted by molar-refractivity contribution is 6.11. The van der Waals surface area contributed by atoms with Crippen LogP contribution in [0.1, 0.15) is 44.3 Å². The number of benzene rings is 1. The predicted molar refractivity (Wildman–Crippen MR) is 126 cm³/mol. The molecule has 1 aromatic carbocycles. The van der Waals surface area contributed by atoms with Crippen molar-refractivity contribution in [3.8, 4) is 5.75 Å². The van der Waals surface area contributed by atoms with Gasteiger partial charge >= 0.3 is 0 Å². The number of carbonyl (C=O) groups excluding carboxylic acids is 2. The number of nitrogens with two attached hydrogens (primary N) is 1. The number of rotatable bonds is 6. The largest absolute Gasteiger partial charge is 0.493 e. The summed E-state index contributed by atoms with van der Waals surface area (Å²) in [7, 11) is 0. The van der Waals surface area contributed by atoms with Gasteiger partial charge in [-0.1, -0.05) is 0 Å². The number of anilines is 3. The molecule has 3 aromatic rings. The zero-order chi connectivity index (χ0) is 23.5. The Labute approximate surface area is 192 Å². The Bertz CT molecular complexity index is 1230. The molecule has 0 unspecified atom stereocenters. The number of aromatic nitrogens is 2. The van der Waals surface area contributed by atoms with E-state index in [1.54, 1.807) is 30.6 Å². The Kier molecular flexibility index (Phi) is 6.23. The van der Waals surface area contributed by atoms with E-state index in [2.05, 4.69) is 20.7 Å². The number of aryl methyl sites for hydroxylation is 2. The quantitative estimate of drug-likeness (QED) is 0.302. The van der Waals surface area contributed by atoms with Gasteiger partial charge in [-0.3, -0.25) is 15.0 Å². The zero-order valence-electron chi connectivity index (χ0n) is 18.8. The van der Waals surface area contributed by atoms with Crippen LogP contribution in [0.3, 0.4) is 0 Å². The highest BCUT2D eigenvalue weighted by atomic mass is 16.5. The third kappa shape index (κ3) is 4.35. The van der Waals surface area contributed by atoms with E-state index in [4.69, 9.17) is 10.6 Å². The number of carbonyl (C=O) groups is 2. The molecular formula is C24H26N6O3. The number of hydrogen-bond donors (Lipinski definition) is 3. The molecule has 170 valence electrons. The first kappa shape index (κ1) is 22.2. The number of nitrogens with zero attached hydrogens (tertiary/aromatic N) is 3. The maximum absolute atomic E-state index is 13.0. The number of hydrogen-bond acceptors (Lipinski definition) is 7. The van der Waals surface area contributed by atoms with Gasteiger partial charge in [-0.05, 0) is 67.8 Å². The molecule has 0 radical (unpaired) electrons. The first-order valence-electron chi connectivity index (χ1n) is 10.7. The molecule has 3 heterocycles. The third-order valence-corrected chi connectivity index (χ3v) is 5.59. The van der Waals surface area contributed by atoms with Gasteiger partial charge in [0.05, 0.1) is 17.9 Å². The van der Waals surface area contributed by atoms with E-state index in [-0.39, 0.29) is 11.8 Å². The predicted octanol–water partition coefficient (Wildman–Crippen LogP) is 3.04. The van der Waals surface area contributed by atoms with Crippen LogP contribution in [0.5, 0.6) is 5.75 Å². The van der Waals surface area contributed by atoms with Gasteiger partial charge in [-0.25, -0.2) is 15.8 Å². The van der Waals surface area contributed by atoms with Gasteiger partial charge < -0.3 is 15.0 Å². The first-order valence-corrected chi connectivity index (χ1v) is 10.7. The molecule has 0 saturated carbocycles. The molecule has 0 aliphatic carbocycles. The lowest BCUT2D eigenvalue weighted by atomic mass is 10.1. The van der Waals surface area contributed by atoms with Crippen molar-refractivity contribution in [2.75, 3.05) is 23.4 Å². The molecule has 0 atom stereocenters. The summed E-state index contributed by atoms with van der Waals surface area (Å²) in [6.07, 6.45) is 4.06. The monoisotopic (exact) mass is 446 g/mol. The molecule has 4 N–H and O–H groups in total. The fraction of sp³-hybridized carbons (Fsp3) is 0.250. The summed E-state index contributed by atoms with van der Waals surface area (Å²) >= 11 is 0. The molecule has 4 rings (SSSR count). The second-order valence-electron chi connectivity index (χ2n) is 7.79. The van der Waals surface area contributed by atoms with Crippen LogP contribution in [0, 0.1) is 13.8 Å². The lowest BCUT2D eigenvalue weighted by molar-refractivity contribution is 0.0952. The Hall–Kier alpha value is -3.98. The van der Waals surface area contributed by atoms with Crippen molar-refractivity contribution in [3.63, 3.8) is 0 Å². The van der Waals surface area contributed by atoms with Gasteiger partial charge in [-0.2, -0.15) is 0 Å². The number of fused-ring (bicyclic) bond motifs is 2. The van der Waals surface area contributed by atoms with Crippen LogP contribution in [-0.2, 0) is 6.42 Å². The normalized spacial score (nSPS) is 12.4. The Morgan fingerprint density at radius 3 is 2.70 bits per heavy atom. The number of nitrogens with one attached hydrogen (secondary N) is 2. The van der Waals surface area contributed by atoms with E-state index in [0.717, 1.165) is 16.7 Å². The molecule has 2 amide bonds. The van der Waals surface area contributed by atoms with Gasteiger partial charge in [0, 0.05) is 30.9 Å². The molecule has 0 saturated heterocycles. The van der Waals surface area contributed by atoms with Crippen molar-refractivity contribution >= 4 is 29.1 Å². The first-order chi connectivity index (χ1) is 15.9. The smallest absolute Gasteiger partial charge is 0.265 e. The molecule has 9 nitrogen and oxygen atoms in total. The van der Waals surface area contributed by atoms with Crippen molar-refractivity contribution in [1.82, 2.24) is 15.4 Å². The van der Waals surface area contributed by atoms with Gasteiger partial charge in [0.25, 0.3) is 11.8 Å². The van der Waals surface area contributed by atoms with Crippen LogP contribution < -0.4 is 26.2 Å². The van der Waals surface area contributed by atoms with Crippen molar-refractivity contribution in [1.29, 1.82) is 0 Å².